The zero-order valence-electron chi connectivity index (χ0n) is 7.83. The molecule has 1 aliphatic carbocycles. The van der Waals surface area contributed by atoms with Crippen LogP contribution in [-0.2, 0) is 6.42 Å². The van der Waals surface area contributed by atoms with Crippen LogP contribution >= 0.6 is 0 Å². The Labute approximate surface area is 78.4 Å². The average Bonchev–Trinajstić information content (AvgIpc) is 2.49. The highest BCUT2D eigenvalue weighted by atomic mass is 16.3. The standard InChI is InChI=1S/C11H15NO/c1-7(12)9-6-5-8-3-2-4-10(13)11(8)9/h2-4,7,9,13H,5-6,12H2,1H3. The zero-order valence-corrected chi connectivity index (χ0v) is 7.83. The summed E-state index contributed by atoms with van der Waals surface area (Å²) in [6, 6.07) is 5.86. The van der Waals surface area contributed by atoms with Gasteiger partial charge in [-0.05, 0) is 31.4 Å². The van der Waals surface area contributed by atoms with E-state index in [2.05, 4.69) is 6.07 Å². The molecular weight excluding hydrogens is 162 g/mol. The molecule has 0 radical (unpaired) electrons. The number of benzene rings is 1. The van der Waals surface area contributed by atoms with E-state index in [1.807, 2.05) is 13.0 Å². The molecule has 0 fully saturated rings. The first-order chi connectivity index (χ1) is 6.20. The highest BCUT2D eigenvalue weighted by molar-refractivity contribution is 5.45. The van der Waals surface area contributed by atoms with E-state index in [0.29, 0.717) is 11.7 Å². The predicted octanol–water partition coefficient (Wildman–Crippen LogP) is 1.77. The third kappa shape index (κ3) is 1.31. The second-order valence-corrected chi connectivity index (χ2v) is 3.85. The molecule has 2 unspecified atom stereocenters. The number of phenols is 1. The molecule has 70 valence electrons. The minimum Gasteiger partial charge on any atom is -0.508 e. The molecule has 2 nitrogen and oxygen atoms in total. The van der Waals surface area contributed by atoms with E-state index >= 15 is 0 Å². The molecule has 0 heterocycles. The lowest BCUT2D eigenvalue weighted by Gasteiger charge is -2.16. The third-order valence-corrected chi connectivity index (χ3v) is 2.90. The van der Waals surface area contributed by atoms with Crippen molar-refractivity contribution < 1.29 is 5.11 Å². The number of hydrogen-bond acceptors (Lipinski definition) is 2. The lowest BCUT2D eigenvalue weighted by Crippen LogP contribution is -2.22. The third-order valence-electron chi connectivity index (χ3n) is 2.90. The molecular formula is C11H15NO. The summed E-state index contributed by atoms with van der Waals surface area (Å²) in [5.41, 5.74) is 8.22. The van der Waals surface area contributed by atoms with Crippen LogP contribution in [0.25, 0.3) is 0 Å². The van der Waals surface area contributed by atoms with E-state index in [4.69, 9.17) is 5.73 Å². The van der Waals surface area contributed by atoms with Crippen molar-refractivity contribution in [3.8, 4) is 5.75 Å². The van der Waals surface area contributed by atoms with E-state index in [0.717, 1.165) is 18.4 Å². The summed E-state index contributed by atoms with van der Waals surface area (Å²) in [5, 5.41) is 9.70. The van der Waals surface area contributed by atoms with E-state index in [-0.39, 0.29) is 6.04 Å². The van der Waals surface area contributed by atoms with E-state index in [1.165, 1.54) is 5.56 Å². The number of fused-ring (bicyclic) bond motifs is 1. The molecule has 2 rings (SSSR count). The first-order valence-electron chi connectivity index (χ1n) is 4.76. The van der Waals surface area contributed by atoms with Gasteiger partial charge < -0.3 is 10.8 Å². The molecule has 0 aromatic heterocycles. The molecule has 1 aromatic rings. The van der Waals surface area contributed by atoms with Crippen LogP contribution in [0, 0.1) is 0 Å². The highest BCUT2D eigenvalue weighted by Gasteiger charge is 2.27. The number of aryl methyl sites for hydroxylation is 1. The van der Waals surface area contributed by atoms with Crippen LogP contribution in [-0.4, -0.2) is 11.1 Å². The SMILES string of the molecule is CC(N)C1CCc2cccc(O)c21. The zero-order chi connectivity index (χ0) is 9.42. The Balaban J connectivity index is 2.46. The Morgan fingerprint density at radius 2 is 2.31 bits per heavy atom. The molecule has 2 atom stereocenters. The van der Waals surface area contributed by atoms with Gasteiger partial charge in [0.2, 0.25) is 0 Å². The van der Waals surface area contributed by atoms with Crippen molar-refractivity contribution in [2.45, 2.75) is 31.7 Å². The van der Waals surface area contributed by atoms with Gasteiger partial charge in [0, 0.05) is 17.5 Å². The first-order valence-corrected chi connectivity index (χ1v) is 4.76. The van der Waals surface area contributed by atoms with Crippen molar-refractivity contribution >= 4 is 0 Å². The topological polar surface area (TPSA) is 46.2 Å². The summed E-state index contributed by atoms with van der Waals surface area (Å²) in [5.74, 6) is 0.758. The van der Waals surface area contributed by atoms with Crippen LogP contribution in [0.5, 0.6) is 5.75 Å². The molecule has 13 heavy (non-hydrogen) atoms. The van der Waals surface area contributed by atoms with E-state index in [9.17, 15) is 5.11 Å². The molecule has 0 aliphatic heterocycles. The number of hydrogen-bond donors (Lipinski definition) is 2. The normalized spacial score (nSPS) is 22.8. The molecule has 1 aromatic carbocycles. The van der Waals surface area contributed by atoms with E-state index < -0.39 is 0 Å². The maximum atomic E-state index is 9.70. The number of phenolic OH excluding ortho intramolecular Hbond substituents is 1. The fourth-order valence-electron chi connectivity index (χ4n) is 2.23. The van der Waals surface area contributed by atoms with Crippen LogP contribution in [0.15, 0.2) is 18.2 Å². The van der Waals surface area contributed by atoms with Crippen LogP contribution in [0.2, 0.25) is 0 Å². The predicted molar refractivity (Wildman–Crippen MR) is 52.8 cm³/mol. The largest absolute Gasteiger partial charge is 0.508 e. The van der Waals surface area contributed by atoms with Crippen molar-refractivity contribution in [2.24, 2.45) is 5.73 Å². The molecule has 1 aliphatic rings. The maximum Gasteiger partial charge on any atom is 0.119 e. The number of nitrogens with two attached hydrogens (primary N) is 1. The minimum absolute atomic E-state index is 0.134. The van der Waals surface area contributed by atoms with Crippen molar-refractivity contribution in [3.63, 3.8) is 0 Å². The summed E-state index contributed by atoms with van der Waals surface area (Å²) in [7, 11) is 0. The summed E-state index contributed by atoms with van der Waals surface area (Å²) >= 11 is 0. The lowest BCUT2D eigenvalue weighted by molar-refractivity contribution is 0.454. The summed E-state index contributed by atoms with van der Waals surface area (Å²) in [6.07, 6.45) is 2.13. The first kappa shape index (κ1) is 8.57. The van der Waals surface area contributed by atoms with E-state index in [1.54, 1.807) is 6.07 Å². The van der Waals surface area contributed by atoms with Gasteiger partial charge in [0.05, 0.1) is 0 Å². The molecule has 0 amide bonds. The number of aromatic hydroxyl groups is 1. The molecule has 2 heteroatoms. The van der Waals surface area contributed by atoms with Crippen LogP contribution in [0.1, 0.15) is 30.4 Å². The number of rotatable bonds is 1. The van der Waals surface area contributed by atoms with Gasteiger partial charge in [-0.1, -0.05) is 12.1 Å². The maximum absolute atomic E-state index is 9.70. The Kier molecular flexibility index (Phi) is 2.00. The molecule has 3 N–H and O–H groups in total. The Morgan fingerprint density at radius 3 is 3.00 bits per heavy atom. The Bertz CT molecular complexity index is 320. The second-order valence-electron chi connectivity index (χ2n) is 3.85. The lowest BCUT2D eigenvalue weighted by atomic mass is 9.94. The quantitative estimate of drug-likeness (QED) is 0.686. The van der Waals surface area contributed by atoms with Gasteiger partial charge in [0.15, 0.2) is 0 Å². The summed E-state index contributed by atoms with van der Waals surface area (Å²) in [6.45, 7) is 2.01. The smallest absolute Gasteiger partial charge is 0.119 e. The fourth-order valence-corrected chi connectivity index (χ4v) is 2.23. The highest BCUT2D eigenvalue weighted by Crippen LogP contribution is 2.39. The van der Waals surface area contributed by atoms with Gasteiger partial charge >= 0.3 is 0 Å². The van der Waals surface area contributed by atoms with Crippen LogP contribution in [0.3, 0.4) is 0 Å². The summed E-state index contributed by atoms with van der Waals surface area (Å²) < 4.78 is 0. The van der Waals surface area contributed by atoms with Crippen LogP contribution in [0.4, 0.5) is 0 Å². The van der Waals surface area contributed by atoms with Crippen molar-refractivity contribution in [2.75, 3.05) is 0 Å². The van der Waals surface area contributed by atoms with Gasteiger partial charge in [-0.25, -0.2) is 0 Å². The minimum atomic E-state index is 0.134. The average molecular weight is 177 g/mol. The van der Waals surface area contributed by atoms with Crippen molar-refractivity contribution in [1.82, 2.24) is 0 Å². The van der Waals surface area contributed by atoms with Gasteiger partial charge in [0.25, 0.3) is 0 Å². The monoisotopic (exact) mass is 177 g/mol. The van der Waals surface area contributed by atoms with Gasteiger partial charge in [0.1, 0.15) is 5.75 Å². The Morgan fingerprint density at radius 1 is 1.54 bits per heavy atom. The summed E-state index contributed by atoms with van der Waals surface area (Å²) in [4.78, 5) is 0. The van der Waals surface area contributed by atoms with Crippen molar-refractivity contribution in [1.29, 1.82) is 0 Å². The molecule has 0 spiro atoms. The van der Waals surface area contributed by atoms with Crippen LogP contribution < -0.4 is 5.73 Å². The molecule has 0 bridgehead atoms. The van der Waals surface area contributed by atoms with Gasteiger partial charge in [-0.15, -0.1) is 0 Å². The second kappa shape index (κ2) is 3.04. The van der Waals surface area contributed by atoms with Gasteiger partial charge in [-0.3, -0.25) is 0 Å². The van der Waals surface area contributed by atoms with Crippen molar-refractivity contribution in [3.05, 3.63) is 29.3 Å². The molecule has 0 saturated heterocycles. The fraction of sp³-hybridized carbons (Fsp3) is 0.455. The molecule has 0 saturated carbocycles. The Hall–Kier alpha value is -1.02. The van der Waals surface area contributed by atoms with Gasteiger partial charge in [-0.2, -0.15) is 0 Å².